The summed E-state index contributed by atoms with van der Waals surface area (Å²) < 4.78 is 5.66. The fourth-order valence-corrected chi connectivity index (χ4v) is 3.07. The van der Waals surface area contributed by atoms with Crippen molar-refractivity contribution >= 4 is 0 Å². The molecule has 0 amide bonds. The molecule has 23 heavy (non-hydrogen) atoms. The van der Waals surface area contributed by atoms with Crippen molar-refractivity contribution in [1.29, 1.82) is 0 Å². The minimum Gasteiger partial charge on any atom is -0.494 e. The lowest BCUT2D eigenvalue weighted by atomic mass is 9.81. The number of hydrogen-bond acceptors (Lipinski definition) is 1. The van der Waals surface area contributed by atoms with E-state index in [9.17, 15) is 0 Å². The quantitative estimate of drug-likeness (QED) is 0.463. The van der Waals surface area contributed by atoms with Gasteiger partial charge in [0.2, 0.25) is 0 Å². The number of ether oxygens (including phenoxy) is 1. The van der Waals surface area contributed by atoms with Crippen LogP contribution in [0.15, 0.2) is 36.4 Å². The minimum atomic E-state index is 0.737. The van der Waals surface area contributed by atoms with Gasteiger partial charge >= 0.3 is 0 Å². The van der Waals surface area contributed by atoms with Gasteiger partial charge in [0.25, 0.3) is 0 Å². The summed E-state index contributed by atoms with van der Waals surface area (Å²) in [5.74, 6) is 9.02. The molecular formula is C22H30O. The van der Waals surface area contributed by atoms with Crippen LogP contribution in [0.1, 0.15) is 64.4 Å². The van der Waals surface area contributed by atoms with Gasteiger partial charge < -0.3 is 4.74 Å². The summed E-state index contributed by atoms with van der Waals surface area (Å²) in [4.78, 5) is 0. The smallest absolute Gasteiger partial charge is 0.119 e. The first-order valence-corrected chi connectivity index (χ1v) is 9.22. The van der Waals surface area contributed by atoms with Gasteiger partial charge in [-0.05, 0) is 74.3 Å². The number of allylic oxidation sites excluding steroid dienone is 2. The van der Waals surface area contributed by atoms with E-state index in [0.29, 0.717) is 0 Å². The van der Waals surface area contributed by atoms with Crippen LogP contribution in [0.4, 0.5) is 0 Å². The Morgan fingerprint density at radius 2 is 1.83 bits per heavy atom. The van der Waals surface area contributed by atoms with Gasteiger partial charge in [-0.1, -0.05) is 44.6 Å². The first-order valence-electron chi connectivity index (χ1n) is 9.22. The monoisotopic (exact) mass is 310 g/mol. The second-order valence-electron chi connectivity index (χ2n) is 6.54. The third-order valence-electron chi connectivity index (χ3n) is 4.76. The Balaban J connectivity index is 1.77. The molecule has 0 radical (unpaired) electrons. The molecule has 1 aromatic carbocycles. The number of hydrogen-bond donors (Lipinski definition) is 0. The van der Waals surface area contributed by atoms with E-state index in [-0.39, 0.29) is 0 Å². The molecule has 0 aromatic heterocycles. The van der Waals surface area contributed by atoms with E-state index in [2.05, 4.69) is 31.8 Å². The molecule has 0 atom stereocenters. The number of rotatable bonds is 6. The summed E-state index contributed by atoms with van der Waals surface area (Å²) in [6, 6.07) is 8.09. The van der Waals surface area contributed by atoms with Crippen molar-refractivity contribution in [2.24, 2.45) is 11.8 Å². The summed E-state index contributed by atoms with van der Waals surface area (Å²) in [7, 11) is 0. The van der Waals surface area contributed by atoms with E-state index in [4.69, 9.17) is 4.74 Å². The van der Waals surface area contributed by atoms with Crippen molar-refractivity contribution in [2.75, 3.05) is 6.61 Å². The first kappa shape index (κ1) is 17.7. The molecule has 1 fully saturated rings. The predicted molar refractivity (Wildman–Crippen MR) is 98.6 cm³/mol. The molecule has 0 bridgehead atoms. The Hall–Kier alpha value is -1.68. The Morgan fingerprint density at radius 1 is 1.09 bits per heavy atom. The summed E-state index contributed by atoms with van der Waals surface area (Å²) >= 11 is 0. The Labute approximate surface area is 142 Å². The number of unbranched alkanes of at least 4 members (excludes halogenated alkanes) is 1. The third kappa shape index (κ3) is 6.53. The van der Waals surface area contributed by atoms with Gasteiger partial charge in [-0.15, -0.1) is 0 Å². The zero-order valence-electron chi connectivity index (χ0n) is 14.7. The summed E-state index contributed by atoms with van der Waals surface area (Å²) in [5, 5.41) is 0. The van der Waals surface area contributed by atoms with Gasteiger partial charge in [0, 0.05) is 5.56 Å². The second kappa shape index (κ2) is 10.2. The van der Waals surface area contributed by atoms with Crippen LogP contribution >= 0.6 is 0 Å². The maximum absolute atomic E-state index is 5.66. The molecule has 2 rings (SSSR count). The zero-order chi connectivity index (χ0) is 16.3. The largest absolute Gasteiger partial charge is 0.494 e. The summed E-state index contributed by atoms with van der Waals surface area (Å²) in [6.45, 7) is 5.28. The van der Waals surface area contributed by atoms with Gasteiger partial charge in [-0.25, -0.2) is 0 Å². The summed E-state index contributed by atoms with van der Waals surface area (Å²) in [6.07, 6.45) is 13.4. The molecule has 124 valence electrons. The highest BCUT2D eigenvalue weighted by Crippen LogP contribution is 2.31. The number of benzene rings is 1. The standard InChI is InChI=1S/C22H30O/c1-3-5-18-23-22-16-14-21(15-17-22)9-7-6-8-20-12-10-19(4-2)11-13-20/h6,8,14-17,19-20H,3-5,10-13,18H2,1-2H3/b8-6+. The van der Waals surface area contributed by atoms with E-state index in [0.717, 1.165) is 42.6 Å². The zero-order valence-corrected chi connectivity index (χ0v) is 14.7. The third-order valence-corrected chi connectivity index (χ3v) is 4.76. The van der Waals surface area contributed by atoms with Gasteiger partial charge in [0.05, 0.1) is 6.61 Å². The molecule has 0 N–H and O–H groups in total. The summed E-state index contributed by atoms with van der Waals surface area (Å²) in [5.41, 5.74) is 1.05. The van der Waals surface area contributed by atoms with Crippen molar-refractivity contribution in [3.05, 3.63) is 42.0 Å². The van der Waals surface area contributed by atoms with Crippen LogP contribution < -0.4 is 4.74 Å². The molecule has 1 aromatic rings. The van der Waals surface area contributed by atoms with Crippen molar-refractivity contribution in [2.45, 2.75) is 58.8 Å². The fourth-order valence-electron chi connectivity index (χ4n) is 3.07. The van der Waals surface area contributed by atoms with E-state index in [1.54, 1.807) is 0 Å². The SMILES string of the molecule is CCCCOc1ccc(C#C/C=C/C2CCC(CC)CC2)cc1. The van der Waals surface area contributed by atoms with E-state index < -0.39 is 0 Å². The average Bonchev–Trinajstić information content (AvgIpc) is 2.61. The van der Waals surface area contributed by atoms with E-state index in [1.807, 2.05) is 30.3 Å². The van der Waals surface area contributed by atoms with Crippen molar-refractivity contribution in [1.82, 2.24) is 0 Å². The fraction of sp³-hybridized carbons (Fsp3) is 0.545. The minimum absolute atomic E-state index is 0.737. The van der Waals surface area contributed by atoms with Gasteiger partial charge in [-0.3, -0.25) is 0 Å². The van der Waals surface area contributed by atoms with Crippen LogP contribution in [-0.2, 0) is 0 Å². The lowest BCUT2D eigenvalue weighted by Crippen LogP contribution is -2.11. The van der Waals surface area contributed by atoms with E-state index >= 15 is 0 Å². The van der Waals surface area contributed by atoms with Crippen LogP contribution in [0.25, 0.3) is 0 Å². The van der Waals surface area contributed by atoms with Crippen LogP contribution in [0.2, 0.25) is 0 Å². The molecule has 1 aliphatic carbocycles. The second-order valence-corrected chi connectivity index (χ2v) is 6.54. The molecule has 0 spiro atoms. The Bertz CT molecular complexity index is 521. The van der Waals surface area contributed by atoms with Crippen molar-refractivity contribution in [3.63, 3.8) is 0 Å². The van der Waals surface area contributed by atoms with Crippen molar-refractivity contribution < 1.29 is 4.74 Å². The average molecular weight is 310 g/mol. The normalized spacial score (nSPS) is 21.0. The topological polar surface area (TPSA) is 9.23 Å². The van der Waals surface area contributed by atoms with Crippen LogP contribution in [0, 0.1) is 23.7 Å². The molecule has 0 heterocycles. The van der Waals surface area contributed by atoms with Gasteiger partial charge in [0.15, 0.2) is 0 Å². The molecule has 1 nitrogen and oxygen atoms in total. The maximum Gasteiger partial charge on any atom is 0.119 e. The maximum atomic E-state index is 5.66. The molecule has 0 aliphatic heterocycles. The van der Waals surface area contributed by atoms with Crippen molar-refractivity contribution in [3.8, 4) is 17.6 Å². The molecule has 1 aliphatic rings. The van der Waals surface area contributed by atoms with Gasteiger partial charge in [-0.2, -0.15) is 0 Å². The molecule has 1 heteroatoms. The van der Waals surface area contributed by atoms with Crippen LogP contribution in [0.3, 0.4) is 0 Å². The lowest BCUT2D eigenvalue weighted by Gasteiger charge is -2.25. The molecule has 0 unspecified atom stereocenters. The highest BCUT2D eigenvalue weighted by molar-refractivity contribution is 5.40. The van der Waals surface area contributed by atoms with Gasteiger partial charge in [0.1, 0.15) is 5.75 Å². The van der Waals surface area contributed by atoms with Crippen LogP contribution in [0.5, 0.6) is 5.75 Å². The molecule has 0 saturated heterocycles. The highest BCUT2D eigenvalue weighted by Gasteiger charge is 2.17. The first-order chi connectivity index (χ1) is 11.3. The molecule has 1 saturated carbocycles. The highest BCUT2D eigenvalue weighted by atomic mass is 16.5. The Kier molecular flexibility index (Phi) is 7.81. The Morgan fingerprint density at radius 3 is 2.48 bits per heavy atom. The molecular weight excluding hydrogens is 280 g/mol. The predicted octanol–water partition coefficient (Wildman–Crippen LogP) is 5.99. The van der Waals surface area contributed by atoms with Crippen LogP contribution in [-0.4, -0.2) is 6.61 Å². The lowest BCUT2D eigenvalue weighted by molar-refractivity contribution is 0.304. The van der Waals surface area contributed by atoms with E-state index in [1.165, 1.54) is 32.1 Å².